The molecule has 2 saturated heterocycles. The van der Waals surface area contributed by atoms with Crippen molar-refractivity contribution in [3.63, 3.8) is 0 Å². The zero-order valence-corrected chi connectivity index (χ0v) is 21.4. The third-order valence-corrected chi connectivity index (χ3v) is 8.47. The minimum atomic E-state index is -0.687. The molecule has 0 atom stereocenters. The Morgan fingerprint density at radius 1 is 1.25 bits per heavy atom. The van der Waals surface area contributed by atoms with Crippen LogP contribution in [0.1, 0.15) is 28.7 Å². The molecule has 0 unspecified atom stereocenters. The number of benzene rings is 1. The van der Waals surface area contributed by atoms with Crippen LogP contribution in [-0.4, -0.2) is 40.3 Å². The number of nitrogens with one attached hydrogen (secondary N) is 1. The molecule has 3 N–H and O–H groups in total. The maximum absolute atomic E-state index is 14.6. The van der Waals surface area contributed by atoms with Gasteiger partial charge in [0.05, 0.1) is 21.3 Å². The quantitative estimate of drug-likeness (QED) is 0.320. The molecule has 5 rings (SSSR count). The molecule has 36 heavy (non-hydrogen) atoms. The van der Waals surface area contributed by atoms with Crippen LogP contribution in [0.2, 0.25) is 10.0 Å². The molecule has 0 amide bonds. The highest BCUT2D eigenvalue weighted by atomic mass is 35.5. The molecule has 0 saturated carbocycles. The number of nitrogens with two attached hydrogens (primary N) is 1. The van der Waals surface area contributed by atoms with Crippen molar-refractivity contribution in [3.8, 4) is 11.8 Å². The molecule has 2 aliphatic heterocycles. The van der Waals surface area contributed by atoms with E-state index in [2.05, 4.69) is 20.9 Å². The Kier molecular flexibility index (Phi) is 6.68. The number of ether oxygens (including phenoxy) is 1. The van der Waals surface area contributed by atoms with Gasteiger partial charge >= 0.3 is 0 Å². The first kappa shape index (κ1) is 24.6. The normalized spacial score (nSPS) is 16.0. The van der Waals surface area contributed by atoms with Gasteiger partial charge in [0.15, 0.2) is 11.6 Å². The number of nitrogens with zero attached hydrogens (tertiary/aromatic N) is 4. The smallest absolute Gasteiger partial charge is 0.167 e. The van der Waals surface area contributed by atoms with Crippen LogP contribution in [0.3, 0.4) is 0 Å². The Labute approximate surface area is 221 Å². The van der Waals surface area contributed by atoms with Crippen molar-refractivity contribution in [2.45, 2.75) is 13.0 Å². The van der Waals surface area contributed by atoms with Gasteiger partial charge in [0, 0.05) is 71.3 Å². The topological polar surface area (TPSA) is 112 Å². The maximum atomic E-state index is 14.6. The number of hydrogen-bond donors (Lipinski definition) is 2. The molecule has 1 spiro atoms. The fourth-order valence-electron chi connectivity index (χ4n) is 4.52. The monoisotopic (exact) mass is 542 g/mol. The van der Waals surface area contributed by atoms with Gasteiger partial charge in [0.25, 0.3) is 0 Å². The molecule has 3 aromatic rings. The van der Waals surface area contributed by atoms with Crippen LogP contribution in [0.5, 0.6) is 5.75 Å². The highest BCUT2D eigenvalue weighted by Gasteiger charge is 2.46. The summed E-state index contributed by atoms with van der Waals surface area (Å²) < 4.78 is 20.2. The van der Waals surface area contributed by atoms with Gasteiger partial charge in [-0.15, -0.1) is 0 Å². The van der Waals surface area contributed by atoms with E-state index in [0.29, 0.717) is 38.0 Å². The second-order valence-electron chi connectivity index (χ2n) is 8.98. The summed E-state index contributed by atoms with van der Waals surface area (Å²) in [7, 11) is 0. The van der Waals surface area contributed by atoms with Crippen molar-refractivity contribution in [1.82, 2.24) is 9.97 Å². The molecular weight excluding hydrogens is 522 g/mol. The number of thioether (sulfide) groups is 1. The lowest BCUT2D eigenvalue weighted by Gasteiger charge is -2.48. The molecule has 11 heteroatoms. The molecule has 4 heterocycles. The largest absolute Gasteiger partial charge is 0.486 e. The maximum Gasteiger partial charge on any atom is 0.167 e. The van der Waals surface area contributed by atoms with Crippen LogP contribution in [0, 0.1) is 28.0 Å². The fraction of sp³-hybridized carbons (Fsp3) is 0.280. The van der Waals surface area contributed by atoms with E-state index in [9.17, 15) is 9.65 Å². The lowest BCUT2D eigenvalue weighted by molar-refractivity contribution is 0.252. The van der Waals surface area contributed by atoms with Crippen LogP contribution in [0.25, 0.3) is 0 Å². The molecular formula is C25H21Cl2FN6OS. The average molecular weight is 543 g/mol. The lowest BCUT2D eigenvalue weighted by atomic mass is 9.79. The summed E-state index contributed by atoms with van der Waals surface area (Å²) in [6, 6.07) is 6.28. The van der Waals surface area contributed by atoms with Gasteiger partial charge in [0.1, 0.15) is 18.5 Å². The van der Waals surface area contributed by atoms with Crippen molar-refractivity contribution in [2.75, 3.05) is 35.2 Å². The average Bonchev–Trinajstić information content (AvgIpc) is 3.34. The van der Waals surface area contributed by atoms with Crippen LogP contribution < -0.4 is 15.4 Å². The first-order valence-electron chi connectivity index (χ1n) is 11.1. The van der Waals surface area contributed by atoms with Gasteiger partial charge in [-0.05, 0) is 24.3 Å². The summed E-state index contributed by atoms with van der Waals surface area (Å²) in [6.07, 6.45) is 5.57. The standard InChI is InChI=1S/C25H21Cl2FN6OS/c26-18-8-32-9-19(27)17(18)10-35-22-4-16(21(30)5-20(22)28)23(31)15-3-14(6-29)24(33-7-15)34-11-25(12-34)1-2-36-13-25/h3-5,7-9,31H,1-2,10-13,30H2. The van der Waals surface area contributed by atoms with Crippen molar-refractivity contribution >= 4 is 52.2 Å². The first-order chi connectivity index (χ1) is 17.3. The summed E-state index contributed by atoms with van der Waals surface area (Å²) in [4.78, 5) is 10.5. The molecule has 0 aliphatic carbocycles. The second-order valence-corrected chi connectivity index (χ2v) is 10.9. The minimum Gasteiger partial charge on any atom is -0.486 e. The molecule has 0 radical (unpaired) electrons. The summed E-state index contributed by atoms with van der Waals surface area (Å²) in [5.74, 6) is 2.14. The predicted molar refractivity (Wildman–Crippen MR) is 141 cm³/mol. The number of rotatable bonds is 6. The van der Waals surface area contributed by atoms with Crippen molar-refractivity contribution in [1.29, 1.82) is 10.7 Å². The van der Waals surface area contributed by atoms with Gasteiger partial charge in [-0.1, -0.05) is 23.2 Å². The van der Waals surface area contributed by atoms with E-state index in [1.807, 2.05) is 11.8 Å². The Morgan fingerprint density at radius 2 is 2.00 bits per heavy atom. The van der Waals surface area contributed by atoms with Gasteiger partial charge in [-0.2, -0.15) is 17.0 Å². The van der Waals surface area contributed by atoms with E-state index in [1.165, 1.54) is 30.6 Å². The Bertz CT molecular complexity index is 1380. The van der Waals surface area contributed by atoms with Crippen LogP contribution >= 0.6 is 35.0 Å². The molecule has 2 aliphatic rings. The fourth-order valence-corrected chi connectivity index (χ4v) is 6.47. The molecule has 2 fully saturated rings. The number of halogens is 3. The Hall–Kier alpha value is -3.06. The van der Waals surface area contributed by atoms with Crippen molar-refractivity contribution in [2.24, 2.45) is 5.41 Å². The Balaban J connectivity index is 1.38. The van der Waals surface area contributed by atoms with Crippen molar-refractivity contribution < 1.29 is 9.13 Å². The zero-order chi connectivity index (χ0) is 25.4. The number of anilines is 2. The third kappa shape index (κ3) is 4.57. The summed E-state index contributed by atoms with van der Waals surface area (Å²) in [5, 5.41) is 19.1. The van der Waals surface area contributed by atoms with Crippen molar-refractivity contribution in [3.05, 3.63) is 74.9 Å². The minimum absolute atomic E-state index is 0.000138. The lowest BCUT2D eigenvalue weighted by Crippen LogP contribution is -2.57. The van der Waals surface area contributed by atoms with E-state index in [1.54, 1.807) is 12.3 Å². The molecule has 7 nitrogen and oxygen atoms in total. The van der Waals surface area contributed by atoms with Crippen LogP contribution in [0.15, 0.2) is 36.8 Å². The third-order valence-electron chi connectivity index (χ3n) is 6.51. The number of pyridine rings is 2. The first-order valence-corrected chi connectivity index (χ1v) is 13.0. The van der Waals surface area contributed by atoms with Gasteiger partial charge in [-0.3, -0.25) is 10.4 Å². The van der Waals surface area contributed by atoms with Gasteiger partial charge in [-0.25, -0.2) is 9.37 Å². The van der Waals surface area contributed by atoms with Gasteiger partial charge < -0.3 is 15.4 Å². The molecule has 184 valence electrons. The van der Waals surface area contributed by atoms with Crippen LogP contribution in [-0.2, 0) is 6.61 Å². The van der Waals surface area contributed by atoms with E-state index in [0.717, 1.165) is 24.9 Å². The molecule has 0 bridgehead atoms. The van der Waals surface area contributed by atoms with E-state index in [-0.39, 0.29) is 29.3 Å². The number of nitriles is 1. The highest BCUT2D eigenvalue weighted by molar-refractivity contribution is 7.99. The second kappa shape index (κ2) is 9.77. The highest BCUT2D eigenvalue weighted by Crippen LogP contribution is 2.45. The molecule has 1 aromatic carbocycles. The van der Waals surface area contributed by atoms with Crippen LogP contribution in [0.4, 0.5) is 15.9 Å². The van der Waals surface area contributed by atoms with E-state index in [4.69, 9.17) is 39.1 Å². The zero-order valence-electron chi connectivity index (χ0n) is 19.0. The van der Waals surface area contributed by atoms with E-state index < -0.39 is 5.82 Å². The number of hydrogen-bond acceptors (Lipinski definition) is 8. The summed E-state index contributed by atoms with van der Waals surface area (Å²) in [5.41, 5.74) is 7.94. The molecule has 2 aromatic heterocycles. The summed E-state index contributed by atoms with van der Waals surface area (Å²) >= 11 is 14.2. The predicted octanol–water partition coefficient (Wildman–Crippen LogP) is 5.31. The van der Waals surface area contributed by atoms with Gasteiger partial charge in [0.2, 0.25) is 0 Å². The number of aromatic nitrogens is 2. The van der Waals surface area contributed by atoms with E-state index >= 15 is 0 Å². The number of nitrogen functional groups attached to an aromatic ring is 1. The SMILES string of the molecule is N#Cc1cc(C(=N)c2cc(OCc3c(Cl)cncc3Cl)c(F)cc2N)cnc1N1CC2(CCSC2)C1. The Morgan fingerprint density at radius 3 is 2.67 bits per heavy atom. The summed E-state index contributed by atoms with van der Waals surface area (Å²) in [6.45, 7) is 1.67.